The second kappa shape index (κ2) is 2.56. The molecular formula is C10H14N2. The van der Waals surface area contributed by atoms with Gasteiger partial charge in [-0.3, -0.25) is 4.98 Å². The maximum atomic E-state index is 5.71. The average Bonchev–Trinajstić information content (AvgIpc) is 2.86. The summed E-state index contributed by atoms with van der Waals surface area (Å²) in [5, 5.41) is 0. The van der Waals surface area contributed by atoms with Gasteiger partial charge in [-0.1, -0.05) is 6.07 Å². The van der Waals surface area contributed by atoms with Crippen molar-refractivity contribution in [1.29, 1.82) is 0 Å². The fourth-order valence-electron chi connectivity index (χ4n) is 1.54. The topological polar surface area (TPSA) is 38.9 Å². The molecule has 2 nitrogen and oxygen atoms in total. The standard InChI is InChI=1S/C10H14N2/c1-8-2-3-9(6-12-8)10(7-11)4-5-10/h2-3,6H,4-5,7,11H2,1H3. The van der Waals surface area contributed by atoms with Crippen LogP contribution in [-0.4, -0.2) is 11.5 Å². The maximum absolute atomic E-state index is 5.71. The molecule has 0 amide bonds. The summed E-state index contributed by atoms with van der Waals surface area (Å²) in [4.78, 5) is 4.28. The van der Waals surface area contributed by atoms with Gasteiger partial charge in [-0.2, -0.15) is 0 Å². The van der Waals surface area contributed by atoms with E-state index < -0.39 is 0 Å². The second-order valence-corrected chi connectivity index (χ2v) is 3.67. The van der Waals surface area contributed by atoms with E-state index in [1.165, 1.54) is 18.4 Å². The van der Waals surface area contributed by atoms with E-state index in [1.54, 1.807) is 0 Å². The number of aromatic nitrogens is 1. The van der Waals surface area contributed by atoms with Gasteiger partial charge >= 0.3 is 0 Å². The van der Waals surface area contributed by atoms with E-state index in [2.05, 4.69) is 17.1 Å². The number of aryl methyl sites for hydroxylation is 1. The van der Waals surface area contributed by atoms with Gasteiger partial charge in [0, 0.05) is 23.9 Å². The zero-order chi connectivity index (χ0) is 8.60. The zero-order valence-electron chi connectivity index (χ0n) is 7.38. The lowest BCUT2D eigenvalue weighted by Crippen LogP contribution is -2.19. The van der Waals surface area contributed by atoms with Gasteiger partial charge in [0.1, 0.15) is 0 Å². The van der Waals surface area contributed by atoms with Gasteiger partial charge in [0.2, 0.25) is 0 Å². The number of rotatable bonds is 2. The Hall–Kier alpha value is -0.890. The van der Waals surface area contributed by atoms with Crippen LogP contribution in [-0.2, 0) is 5.41 Å². The van der Waals surface area contributed by atoms with E-state index in [9.17, 15) is 0 Å². The van der Waals surface area contributed by atoms with Crippen LogP contribution >= 0.6 is 0 Å². The molecule has 1 saturated carbocycles. The molecule has 0 saturated heterocycles. The van der Waals surface area contributed by atoms with Gasteiger partial charge in [-0.25, -0.2) is 0 Å². The van der Waals surface area contributed by atoms with Crippen molar-refractivity contribution in [3.8, 4) is 0 Å². The highest BCUT2D eigenvalue weighted by Crippen LogP contribution is 2.46. The molecule has 2 N–H and O–H groups in total. The molecule has 64 valence electrons. The Kier molecular flexibility index (Phi) is 1.65. The number of hydrogen-bond donors (Lipinski definition) is 1. The maximum Gasteiger partial charge on any atom is 0.0372 e. The quantitative estimate of drug-likeness (QED) is 0.713. The van der Waals surface area contributed by atoms with Crippen molar-refractivity contribution in [1.82, 2.24) is 4.98 Å². The Morgan fingerprint density at radius 3 is 2.67 bits per heavy atom. The second-order valence-electron chi connectivity index (χ2n) is 3.67. The Labute approximate surface area is 72.8 Å². The van der Waals surface area contributed by atoms with E-state index >= 15 is 0 Å². The van der Waals surface area contributed by atoms with E-state index in [-0.39, 0.29) is 0 Å². The van der Waals surface area contributed by atoms with E-state index in [4.69, 9.17) is 5.73 Å². The fraction of sp³-hybridized carbons (Fsp3) is 0.500. The molecule has 1 aliphatic rings. The summed E-state index contributed by atoms with van der Waals surface area (Å²) in [6.45, 7) is 2.77. The van der Waals surface area contributed by atoms with Gasteiger partial charge in [0.25, 0.3) is 0 Å². The summed E-state index contributed by atoms with van der Waals surface area (Å²) >= 11 is 0. The first-order valence-corrected chi connectivity index (χ1v) is 4.40. The summed E-state index contributed by atoms with van der Waals surface area (Å²) in [5.74, 6) is 0. The largest absolute Gasteiger partial charge is 0.330 e. The zero-order valence-corrected chi connectivity index (χ0v) is 7.38. The van der Waals surface area contributed by atoms with Gasteiger partial charge < -0.3 is 5.73 Å². The van der Waals surface area contributed by atoms with Crippen LogP contribution in [0.25, 0.3) is 0 Å². The summed E-state index contributed by atoms with van der Waals surface area (Å²) in [7, 11) is 0. The summed E-state index contributed by atoms with van der Waals surface area (Å²) < 4.78 is 0. The molecule has 2 rings (SSSR count). The molecule has 0 spiro atoms. The highest BCUT2D eigenvalue weighted by Gasteiger charge is 2.42. The summed E-state index contributed by atoms with van der Waals surface area (Å²) in [6, 6.07) is 4.22. The Morgan fingerprint density at radius 2 is 2.25 bits per heavy atom. The predicted octanol–water partition coefficient (Wildman–Crippen LogP) is 1.38. The van der Waals surface area contributed by atoms with Gasteiger partial charge in [-0.15, -0.1) is 0 Å². The minimum absolute atomic E-state index is 0.292. The van der Waals surface area contributed by atoms with Crippen molar-refractivity contribution in [2.75, 3.05) is 6.54 Å². The van der Waals surface area contributed by atoms with Crippen LogP contribution in [0, 0.1) is 6.92 Å². The predicted molar refractivity (Wildman–Crippen MR) is 48.9 cm³/mol. The molecule has 0 unspecified atom stereocenters. The van der Waals surface area contributed by atoms with Crippen LogP contribution in [0.5, 0.6) is 0 Å². The normalized spacial score (nSPS) is 19.2. The molecule has 0 aromatic carbocycles. The molecule has 1 fully saturated rings. The van der Waals surface area contributed by atoms with Crippen LogP contribution in [0.4, 0.5) is 0 Å². The van der Waals surface area contributed by atoms with Crippen LogP contribution in [0.2, 0.25) is 0 Å². The van der Waals surface area contributed by atoms with Crippen molar-refractivity contribution >= 4 is 0 Å². The average molecular weight is 162 g/mol. The molecule has 1 aromatic heterocycles. The first-order valence-electron chi connectivity index (χ1n) is 4.40. The lowest BCUT2D eigenvalue weighted by Gasteiger charge is -2.11. The molecule has 0 bridgehead atoms. The van der Waals surface area contributed by atoms with Crippen molar-refractivity contribution in [2.45, 2.75) is 25.2 Å². The fourth-order valence-corrected chi connectivity index (χ4v) is 1.54. The first-order chi connectivity index (χ1) is 5.77. The molecule has 0 aliphatic heterocycles. The molecule has 1 heterocycles. The smallest absolute Gasteiger partial charge is 0.0372 e. The lowest BCUT2D eigenvalue weighted by atomic mass is 9.98. The molecular weight excluding hydrogens is 148 g/mol. The third-order valence-corrected chi connectivity index (χ3v) is 2.77. The molecule has 1 aliphatic carbocycles. The van der Waals surface area contributed by atoms with E-state index in [1.807, 2.05) is 13.1 Å². The Morgan fingerprint density at radius 1 is 1.50 bits per heavy atom. The highest BCUT2D eigenvalue weighted by atomic mass is 14.7. The molecule has 1 aromatic rings. The van der Waals surface area contributed by atoms with Crippen LogP contribution < -0.4 is 5.73 Å². The van der Waals surface area contributed by atoms with Gasteiger partial charge in [0.05, 0.1) is 0 Å². The van der Waals surface area contributed by atoms with Crippen LogP contribution in [0.1, 0.15) is 24.1 Å². The monoisotopic (exact) mass is 162 g/mol. The van der Waals surface area contributed by atoms with Crippen LogP contribution in [0.3, 0.4) is 0 Å². The molecule has 2 heteroatoms. The third kappa shape index (κ3) is 1.12. The minimum Gasteiger partial charge on any atom is -0.330 e. The van der Waals surface area contributed by atoms with Crippen molar-refractivity contribution in [3.05, 3.63) is 29.6 Å². The van der Waals surface area contributed by atoms with Crippen molar-refractivity contribution < 1.29 is 0 Å². The Balaban J connectivity index is 2.29. The summed E-state index contributed by atoms with van der Waals surface area (Å²) in [6.07, 6.45) is 4.43. The highest BCUT2D eigenvalue weighted by molar-refractivity contribution is 5.30. The van der Waals surface area contributed by atoms with Gasteiger partial charge in [-0.05, 0) is 31.4 Å². The number of pyridine rings is 1. The summed E-state index contributed by atoms with van der Waals surface area (Å²) in [5.41, 5.74) is 8.39. The van der Waals surface area contributed by atoms with Gasteiger partial charge in [0.15, 0.2) is 0 Å². The SMILES string of the molecule is Cc1ccc(C2(CN)CC2)cn1. The van der Waals surface area contributed by atoms with Crippen molar-refractivity contribution in [3.63, 3.8) is 0 Å². The van der Waals surface area contributed by atoms with Crippen LogP contribution in [0.15, 0.2) is 18.3 Å². The van der Waals surface area contributed by atoms with Crippen molar-refractivity contribution in [2.24, 2.45) is 5.73 Å². The number of nitrogens with two attached hydrogens (primary N) is 1. The number of nitrogens with zero attached hydrogens (tertiary/aromatic N) is 1. The first kappa shape index (κ1) is 7.74. The van der Waals surface area contributed by atoms with E-state index in [0.717, 1.165) is 12.2 Å². The Bertz CT molecular complexity index is 272. The number of hydrogen-bond acceptors (Lipinski definition) is 2. The third-order valence-electron chi connectivity index (χ3n) is 2.77. The molecule has 0 radical (unpaired) electrons. The lowest BCUT2D eigenvalue weighted by molar-refractivity contribution is 0.700. The molecule has 0 atom stereocenters. The van der Waals surface area contributed by atoms with E-state index in [0.29, 0.717) is 5.41 Å². The molecule has 12 heavy (non-hydrogen) atoms. The minimum atomic E-state index is 0.292.